The number of carbonyl (C=O) groups excluding carboxylic acids is 1. The Morgan fingerprint density at radius 3 is 1.55 bits per heavy atom. The number of nitrogens with two attached hydrogens (primary N) is 1. The van der Waals surface area contributed by atoms with Gasteiger partial charge in [-0.25, -0.2) is 0 Å². The van der Waals surface area contributed by atoms with E-state index in [4.69, 9.17) is 10.5 Å². The fraction of sp³-hybridized carbons (Fsp3) is 0.897. The molecule has 0 rings (SSSR count). The maximum Gasteiger partial charge on any atom is 0.306 e. The van der Waals surface area contributed by atoms with Crippen molar-refractivity contribution in [1.29, 1.82) is 0 Å². The first kappa shape index (κ1) is 43.0. The van der Waals surface area contributed by atoms with E-state index in [0.29, 0.717) is 13.0 Å². The van der Waals surface area contributed by atoms with E-state index in [-0.39, 0.29) is 5.97 Å². The molecule has 260 valence electrons. The number of unbranched alkanes of at least 4 members (excludes halogenated alkanes) is 23. The molecule has 0 spiro atoms. The molecule has 0 aromatic carbocycles. The van der Waals surface area contributed by atoms with Crippen molar-refractivity contribution in [2.24, 2.45) is 10.7 Å². The Morgan fingerprint density at radius 1 is 0.568 bits per heavy atom. The van der Waals surface area contributed by atoms with Crippen LogP contribution >= 0.6 is 11.8 Å². The second kappa shape index (κ2) is 38.2. The van der Waals surface area contributed by atoms with Gasteiger partial charge in [0, 0.05) is 18.7 Å². The minimum Gasteiger partial charge on any atom is -0.466 e. The van der Waals surface area contributed by atoms with Gasteiger partial charge in [0.15, 0.2) is 0 Å². The van der Waals surface area contributed by atoms with Gasteiger partial charge in [0.1, 0.15) is 0 Å². The number of aliphatic imine (C=N–C) groups is 1. The van der Waals surface area contributed by atoms with Crippen molar-refractivity contribution in [3.8, 4) is 0 Å². The minimum atomic E-state index is -0.0442. The molecule has 0 aliphatic heterocycles. The van der Waals surface area contributed by atoms with Gasteiger partial charge in [-0.2, -0.15) is 11.8 Å². The standard InChI is InChI=1S/C39H76N2O2S/c1-3-5-7-9-11-13-15-17-18-19-20-21-23-25-27-29-34-41-38(40)32-31-36-44-37-33-39(42)43-35-30-28-26-24-22-16-14-12-10-8-6-4-2/h17-18H,3-16,19-37H2,1-2H3,(H2,40,41). The van der Waals surface area contributed by atoms with Crippen LogP contribution in [-0.4, -0.2) is 36.5 Å². The normalized spacial score (nSPS) is 12.0. The Balaban J connectivity index is 3.34. The number of ether oxygens (including phenoxy) is 1. The number of allylic oxidation sites excluding steroid dienone is 2. The second-order valence-corrected chi connectivity index (χ2v) is 14.1. The van der Waals surface area contributed by atoms with Gasteiger partial charge in [0.05, 0.1) is 18.9 Å². The lowest BCUT2D eigenvalue weighted by atomic mass is 10.1. The molecule has 0 unspecified atom stereocenters. The molecule has 0 heterocycles. The van der Waals surface area contributed by atoms with Gasteiger partial charge in [0.2, 0.25) is 0 Å². The van der Waals surface area contributed by atoms with Crippen LogP contribution in [0.4, 0.5) is 0 Å². The molecule has 0 atom stereocenters. The van der Waals surface area contributed by atoms with Crippen molar-refractivity contribution in [2.45, 2.75) is 200 Å². The lowest BCUT2D eigenvalue weighted by Crippen LogP contribution is -2.12. The largest absolute Gasteiger partial charge is 0.466 e. The summed E-state index contributed by atoms with van der Waals surface area (Å²) < 4.78 is 5.41. The highest BCUT2D eigenvalue weighted by molar-refractivity contribution is 7.99. The Morgan fingerprint density at radius 2 is 1.02 bits per heavy atom. The van der Waals surface area contributed by atoms with E-state index in [1.54, 1.807) is 0 Å². The third-order valence-electron chi connectivity index (χ3n) is 8.42. The zero-order valence-corrected chi connectivity index (χ0v) is 30.6. The van der Waals surface area contributed by atoms with Crippen molar-refractivity contribution in [2.75, 3.05) is 24.7 Å². The zero-order chi connectivity index (χ0) is 32.0. The molecular formula is C39H76N2O2S. The average Bonchev–Trinajstić information content (AvgIpc) is 3.02. The van der Waals surface area contributed by atoms with E-state index in [0.717, 1.165) is 49.6 Å². The predicted molar refractivity (Wildman–Crippen MR) is 199 cm³/mol. The van der Waals surface area contributed by atoms with Crippen LogP contribution in [0.1, 0.15) is 200 Å². The van der Waals surface area contributed by atoms with E-state index < -0.39 is 0 Å². The quantitative estimate of drug-likeness (QED) is 0.0244. The summed E-state index contributed by atoms with van der Waals surface area (Å²) >= 11 is 1.82. The summed E-state index contributed by atoms with van der Waals surface area (Å²) in [7, 11) is 0. The van der Waals surface area contributed by atoms with Gasteiger partial charge in [-0.15, -0.1) is 0 Å². The van der Waals surface area contributed by atoms with Crippen molar-refractivity contribution in [3.63, 3.8) is 0 Å². The molecule has 0 amide bonds. The smallest absolute Gasteiger partial charge is 0.306 e. The molecule has 0 aromatic heterocycles. The van der Waals surface area contributed by atoms with Crippen LogP contribution in [0.25, 0.3) is 0 Å². The summed E-state index contributed by atoms with van der Waals surface area (Å²) in [5.41, 5.74) is 6.10. The number of rotatable bonds is 36. The number of hydrogen-bond donors (Lipinski definition) is 1. The Kier molecular flexibility index (Phi) is 37.4. The van der Waals surface area contributed by atoms with Crippen molar-refractivity contribution in [3.05, 3.63) is 12.2 Å². The SMILES string of the molecule is CCCCCCCCC=CCCCCCCCCN=C(N)CCCSCCC(=O)OCCCCCCCCCCCCCC. The van der Waals surface area contributed by atoms with Crippen LogP contribution in [-0.2, 0) is 9.53 Å². The predicted octanol–water partition coefficient (Wildman–Crippen LogP) is 12.5. The second-order valence-electron chi connectivity index (χ2n) is 12.9. The van der Waals surface area contributed by atoms with Crippen LogP contribution in [0.3, 0.4) is 0 Å². The first-order valence-electron chi connectivity index (χ1n) is 19.4. The molecule has 0 aliphatic rings. The third kappa shape index (κ3) is 37.2. The first-order valence-corrected chi connectivity index (χ1v) is 20.5. The van der Waals surface area contributed by atoms with Gasteiger partial charge in [-0.1, -0.05) is 154 Å². The summed E-state index contributed by atoms with van der Waals surface area (Å²) in [5, 5.41) is 0. The fourth-order valence-electron chi connectivity index (χ4n) is 5.48. The maximum atomic E-state index is 11.9. The highest BCUT2D eigenvalue weighted by Gasteiger charge is 2.03. The lowest BCUT2D eigenvalue weighted by Gasteiger charge is -2.06. The number of amidine groups is 1. The molecule has 0 aliphatic carbocycles. The highest BCUT2D eigenvalue weighted by atomic mass is 32.2. The molecule has 0 fully saturated rings. The van der Waals surface area contributed by atoms with E-state index in [1.165, 1.54) is 154 Å². The molecule has 0 bridgehead atoms. The molecule has 0 aromatic rings. The van der Waals surface area contributed by atoms with Gasteiger partial charge in [-0.3, -0.25) is 9.79 Å². The molecule has 5 heteroatoms. The van der Waals surface area contributed by atoms with E-state index in [9.17, 15) is 4.79 Å². The summed E-state index contributed by atoms with van der Waals surface area (Å²) in [4.78, 5) is 16.5. The topological polar surface area (TPSA) is 64.7 Å². The number of thioether (sulfide) groups is 1. The molecular weight excluding hydrogens is 561 g/mol. The van der Waals surface area contributed by atoms with Gasteiger partial charge in [-0.05, 0) is 50.7 Å². The van der Waals surface area contributed by atoms with Crippen molar-refractivity contribution < 1.29 is 9.53 Å². The Labute approximate surface area is 280 Å². The monoisotopic (exact) mass is 637 g/mol. The van der Waals surface area contributed by atoms with Crippen LogP contribution in [0.5, 0.6) is 0 Å². The molecule has 0 saturated heterocycles. The van der Waals surface area contributed by atoms with Gasteiger partial charge >= 0.3 is 5.97 Å². The Hall–Kier alpha value is -0.970. The summed E-state index contributed by atoms with van der Waals surface area (Å²) in [5.74, 6) is 2.61. The molecule has 44 heavy (non-hydrogen) atoms. The average molecular weight is 637 g/mol. The van der Waals surface area contributed by atoms with E-state index in [1.807, 2.05) is 11.8 Å². The van der Waals surface area contributed by atoms with Crippen molar-refractivity contribution >= 4 is 23.6 Å². The maximum absolute atomic E-state index is 11.9. The molecule has 4 nitrogen and oxygen atoms in total. The van der Waals surface area contributed by atoms with Crippen molar-refractivity contribution in [1.82, 2.24) is 0 Å². The van der Waals surface area contributed by atoms with Crippen LogP contribution < -0.4 is 5.73 Å². The van der Waals surface area contributed by atoms with Crippen LogP contribution in [0, 0.1) is 0 Å². The van der Waals surface area contributed by atoms with E-state index in [2.05, 4.69) is 31.0 Å². The fourth-order valence-corrected chi connectivity index (χ4v) is 6.34. The van der Waals surface area contributed by atoms with Crippen LogP contribution in [0.15, 0.2) is 17.1 Å². The summed E-state index contributed by atoms with van der Waals surface area (Å²) in [6.45, 7) is 6.01. The highest BCUT2D eigenvalue weighted by Crippen LogP contribution is 2.13. The Bertz CT molecular complexity index is 638. The van der Waals surface area contributed by atoms with Crippen LogP contribution in [0.2, 0.25) is 0 Å². The number of carbonyl (C=O) groups is 1. The number of nitrogens with zero attached hydrogens (tertiary/aromatic N) is 1. The van der Waals surface area contributed by atoms with Gasteiger partial charge < -0.3 is 10.5 Å². The molecule has 0 radical (unpaired) electrons. The third-order valence-corrected chi connectivity index (χ3v) is 9.49. The number of esters is 1. The van der Waals surface area contributed by atoms with E-state index >= 15 is 0 Å². The first-order chi connectivity index (χ1) is 21.7. The lowest BCUT2D eigenvalue weighted by molar-refractivity contribution is -0.143. The summed E-state index contributed by atoms with van der Waals surface area (Å²) in [6.07, 6.45) is 41.7. The zero-order valence-electron chi connectivity index (χ0n) is 29.7. The summed E-state index contributed by atoms with van der Waals surface area (Å²) in [6, 6.07) is 0. The molecule has 2 N–H and O–H groups in total. The molecule has 0 saturated carbocycles. The minimum absolute atomic E-state index is 0.0442. The number of hydrogen-bond acceptors (Lipinski definition) is 4. The van der Waals surface area contributed by atoms with Gasteiger partial charge in [0.25, 0.3) is 0 Å².